The summed E-state index contributed by atoms with van der Waals surface area (Å²) in [6.45, 7) is 3.74. The lowest BCUT2D eigenvalue weighted by Crippen LogP contribution is -2.35. The normalized spacial score (nSPS) is 15.6. The van der Waals surface area contributed by atoms with Crippen LogP contribution in [0.4, 0.5) is 0 Å². The van der Waals surface area contributed by atoms with Crippen molar-refractivity contribution in [3.05, 3.63) is 65.7 Å². The van der Waals surface area contributed by atoms with Gasteiger partial charge in [-0.1, -0.05) is 49.2 Å². The molecule has 1 saturated heterocycles. The number of carbonyl (C=O) groups is 1. The Bertz CT molecular complexity index is 893. The van der Waals surface area contributed by atoms with E-state index in [2.05, 4.69) is 14.9 Å². The summed E-state index contributed by atoms with van der Waals surface area (Å²) in [5, 5.41) is 2.91. The van der Waals surface area contributed by atoms with E-state index in [1.807, 2.05) is 30.3 Å². The van der Waals surface area contributed by atoms with Crippen LogP contribution < -0.4 is 10.0 Å². The van der Waals surface area contributed by atoms with Gasteiger partial charge in [-0.25, -0.2) is 13.1 Å². The summed E-state index contributed by atoms with van der Waals surface area (Å²) >= 11 is 0. The largest absolute Gasteiger partial charge is 0.351 e. The third kappa shape index (κ3) is 6.66. The van der Waals surface area contributed by atoms with Gasteiger partial charge in [0.05, 0.1) is 4.90 Å². The zero-order valence-electron chi connectivity index (χ0n) is 16.6. The predicted molar refractivity (Wildman–Crippen MR) is 114 cm³/mol. The Morgan fingerprint density at radius 1 is 0.931 bits per heavy atom. The van der Waals surface area contributed by atoms with E-state index in [1.54, 1.807) is 12.1 Å². The van der Waals surface area contributed by atoms with Crippen LogP contribution in [0.15, 0.2) is 59.5 Å². The molecule has 156 valence electrons. The standard InChI is InChI=1S/C22H29N3O3S/c26-22(23-13-16-25-14-6-1-2-7-15-25)20-11-8-12-21(17-20)29(27,28)24-18-19-9-4-3-5-10-19/h3-5,8-12,17,24H,1-2,6-7,13-16,18H2,(H,23,26). The zero-order chi connectivity index (χ0) is 20.5. The van der Waals surface area contributed by atoms with Crippen LogP contribution in [0.5, 0.6) is 0 Å². The number of hydrogen-bond acceptors (Lipinski definition) is 4. The van der Waals surface area contributed by atoms with E-state index in [-0.39, 0.29) is 17.3 Å². The van der Waals surface area contributed by atoms with Gasteiger partial charge < -0.3 is 10.2 Å². The van der Waals surface area contributed by atoms with Gasteiger partial charge in [-0.3, -0.25) is 4.79 Å². The van der Waals surface area contributed by atoms with Gasteiger partial charge in [0.1, 0.15) is 0 Å². The Hall–Kier alpha value is -2.22. The molecule has 29 heavy (non-hydrogen) atoms. The van der Waals surface area contributed by atoms with Crippen molar-refractivity contribution in [3.63, 3.8) is 0 Å². The van der Waals surface area contributed by atoms with Crippen LogP contribution in [-0.2, 0) is 16.6 Å². The average molecular weight is 416 g/mol. The van der Waals surface area contributed by atoms with Crippen molar-refractivity contribution < 1.29 is 13.2 Å². The number of nitrogens with zero attached hydrogens (tertiary/aromatic N) is 1. The van der Waals surface area contributed by atoms with Gasteiger partial charge in [-0.2, -0.15) is 0 Å². The van der Waals surface area contributed by atoms with Crippen LogP contribution in [0, 0.1) is 0 Å². The first kappa shape index (κ1) is 21.5. The van der Waals surface area contributed by atoms with Crippen LogP contribution in [0.25, 0.3) is 0 Å². The highest BCUT2D eigenvalue weighted by molar-refractivity contribution is 7.89. The van der Waals surface area contributed by atoms with Gasteiger partial charge in [-0.15, -0.1) is 0 Å². The molecule has 3 rings (SSSR count). The topological polar surface area (TPSA) is 78.5 Å². The van der Waals surface area contributed by atoms with E-state index in [0.29, 0.717) is 12.1 Å². The Morgan fingerprint density at radius 3 is 2.38 bits per heavy atom. The van der Waals surface area contributed by atoms with Crippen LogP contribution in [0.3, 0.4) is 0 Å². The molecule has 1 fully saturated rings. The molecule has 2 aromatic carbocycles. The second-order valence-corrected chi connectivity index (χ2v) is 9.12. The number of amides is 1. The highest BCUT2D eigenvalue weighted by Crippen LogP contribution is 2.13. The summed E-state index contributed by atoms with van der Waals surface area (Å²) in [5.74, 6) is -0.250. The van der Waals surface area contributed by atoms with Crippen molar-refractivity contribution in [2.75, 3.05) is 26.2 Å². The van der Waals surface area contributed by atoms with Gasteiger partial charge in [-0.05, 0) is 49.7 Å². The van der Waals surface area contributed by atoms with Crippen LogP contribution >= 0.6 is 0 Å². The monoisotopic (exact) mass is 415 g/mol. The molecular weight excluding hydrogens is 386 g/mol. The summed E-state index contributed by atoms with van der Waals surface area (Å²) in [6.07, 6.45) is 4.98. The second kappa shape index (κ2) is 10.5. The summed E-state index contributed by atoms with van der Waals surface area (Å²) in [4.78, 5) is 14.9. The second-order valence-electron chi connectivity index (χ2n) is 7.35. The quantitative estimate of drug-likeness (QED) is 0.695. The average Bonchev–Trinajstić information content (AvgIpc) is 3.02. The molecule has 0 aliphatic carbocycles. The minimum Gasteiger partial charge on any atom is -0.351 e. The van der Waals surface area contributed by atoms with Crippen molar-refractivity contribution >= 4 is 15.9 Å². The Kier molecular flexibility index (Phi) is 7.80. The molecule has 7 heteroatoms. The number of sulfonamides is 1. The molecule has 1 aliphatic heterocycles. The van der Waals surface area contributed by atoms with Gasteiger partial charge in [0.25, 0.3) is 5.91 Å². The van der Waals surface area contributed by atoms with Crippen LogP contribution in [0.2, 0.25) is 0 Å². The Morgan fingerprint density at radius 2 is 1.66 bits per heavy atom. The molecule has 2 aromatic rings. The Labute approximate surface area is 173 Å². The molecule has 0 unspecified atom stereocenters. The minimum absolute atomic E-state index is 0.0913. The Balaban J connectivity index is 1.55. The summed E-state index contributed by atoms with van der Waals surface area (Å²) < 4.78 is 27.8. The third-order valence-corrected chi connectivity index (χ3v) is 6.53. The van der Waals surface area contributed by atoms with E-state index in [0.717, 1.165) is 25.2 Å². The molecule has 6 nitrogen and oxygen atoms in total. The number of carbonyl (C=O) groups excluding carboxylic acids is 1. The lowest BCUT2D eigenvalue weighted by molar-refractivity contribution is 0.0948. The first-order chi connectivity index (χ1) is 14.0. The first-order valence-corrected chi connectivity index (χ1v) is 11.7. The van der Waals surface area contributed by atoms with E-state index < -0.39 is 10.0 Å². The maximum Gasteiger partial charge on any atom is 0.251 e. The summed E-state index contributed by atoms with van der Waals surface area (Å²) in [5.41, 5.74) is 1.22. The van der Waals surface area contributed by atoms with Gasteiger partial charge in [0.2, 0.25) is 10.0 Å². The number of hydrogen-bond donors (Lipinski definition) is 2. The molecule has 0 saturated carbocycles. The van der Waals surface area contributed by atoms with Crippen LogP contribution in [-0.4, -0.2) is 45.4 Å². The predicted octanol–water partition coefficient (Wildman–Crippen LogP) is 2.77. The maximum atomic E-state index is 12.6. The van der Waals surface area contributed by atoms with Gasteiger partial charge in [0, 0.05) is 25.2 Å². The third-order valence-electron chi connectivity index (χ3n) is 5.13. The lowest BCUT2D eigenvalue weighted by Gasteiger charge is -2.19. The molecule has 0 bridgehead atoms. The fraction of sp³-hybridized carbons (Fsp3) is 0.409. The molecule has 1 amide bonds. The smallest absolute Gasteiger partial charge is 0.251 e. The molecule has 1 heterocycles. The molecule has 2 N–H and O–H groups in total. The minimum atomic E-state index is -3.69. The van der Waals surface area contributed by atoms with Crippen LogP contribution in [0.1, 0.15) is 41.6 Å². The van der Waals surface area contributed by atoms with E-state index in [1.165, 1.54) is 37.8 Å². The molecule has 0 aromatic heterocycles. The molecule has 0 atom stereocenters. The van der Waals surface area contributed by atoms with Crippen molar-refractivity contribution in [3.8, 4) is 0 Å². The fourth-order valence-electron chi connectivity index (χ4n) is 3.45. The highest BCUT2D eigenvalue weighted by Gasteiger charge is 2.16. The molecular formula is C22H29N3O3S. The van der Waals surface area contributed by atoms with Crippen molar-refractivity contribution in [2.45, 2.75) is 37.1 Å². The fourth-order valence-corrected chi connectivity index (χ4v) is 4.51. The number of likely N-dealkylation sites (tertiary alicyclic amines) is 1. The van der Waals surface area contributed by atoms with Crippen molar-refractivity contribution in [2.24, 2.45) is 0 Å². The van der Waals surface area contributed by atoms with Crippen molar-refractivity contribution in [1.82, 2.24) is 14.9 Å². The van der Waals surface area contributed by atoms with E-state index >= 15 is 0 Å². The first-order valence-electron chi connectivity index (χ1n) is 10.2. The van der Waals surface area contributed by atoms with Crippen molar-refractivity contribution in [1.29, 1.82) is 0 Å². The van der Waals surface area contributed by atoms with E-state index in [9.17, 15) is 13.2 Å². The number of rotatable bonds is 8. The van der Waals surface area contributed by atoms with Gasteiger partial charge >= 0.3 is 0 Å². The SMILES string of the molecule is O=C(NCCN1CCCCCC1)c1cccc(S(=O)(=O)NCc2ccccc2)c1. The molecule has 0 radical (unpaired) electrons. The highest BCUT2D eigenvalue weighted by atomic mass is 32.2. The zero-order valence-corrected chi connectivity index (χ0v) is 17.5. The summed E-state index contributed by atoms with van der Waals surface area (Å²) in [6, 6.07) is 15.5. The maximum absolute atomic E-state index is 12.6. The number of benzene rings is 2. The van der Waals surface area contributed by atoms with Gasteiger partial charge in [0.15, 0.2) is 0 Å². The van der Waals surface area contributed by atoms with E-state index in [4.69, 9.17) is 0 Å². The summed E-state index contributed by atoms with van der Waals surface area (Å²) in [7, 11) is -3.69. The molecule has 1 aliphatic rings. The lowest BCUT2D eigenvalue weighted by atomic mass is 10.2. The molecule has 0 spiro atoms. The number of nitrogens with one attached hydrogen (secondary N) is 2.